The number of hydrogen-bond acceptors (Lipinski definition) is 3. The van der Waals surface area contributed by atoms with Crippen molar-refractivity contribution in [2.24, 2.45) is 0 Å². The van der Waals surface area contributed by atoms with Crippen molar-refractivity contribution in [2.45, 2.75) is 11.8 Å². The third-order valence-electron chi connectivity index (χ3n) is 3.07. The lowest BCUT2D eigenvalue weighted by Crippen LogP contribution is -2.38. The van der Waals surface area contributed by atoms with Crippen LogP contribution in [0.3, 0.4) is 0 Å². The number of hydrogen-bond donors (Lipinski definition) is 1. The largest absolute Gasteiger partial charge is 0.337 e. The molecule has 0 aliphatic carbocycles. The Morgan fingerprint density at radius 1 is 1.30 bits per heavy atom. The van der Waals surface area contributed by atoms with Crippen molar-refractivity contribution in [3.8, 4) is 0 Å². The minimum atomic E-state index is -0.294. The van der Waals surface area contributed by atoms with Crippen LogP contribution in [0.2, 0.25) is 0 Å². The van der Waals surface area contributed by atoms with Crippen molar-refractivity contribution < 1.29 is 9.59 Å². The number of thioether (sulfide) groups is 1. The summed E-state index contributed by atoms with van der Waals surface area (Å²) < 4.78 is 0. The van der Waals surface area contributed by atoms with Gasteiger partial charge in [-0.15, -0.1) is 0 Å². The van der Waals surface area contributed by atoms with E-state index >= 15 is 0 Å². The number of alkyl halides is 1. The van der Waals surface area contributed by atoms with Gasteiger partial charge in [0.25, 0.3) is 5.91 Å². The fraction of sp³-hybridized carbons (Fsp3) is 0.429. The molecule has 2 rings (SSSR count). The van der Waals surface area contributed by atoms with Gasteiger partial charge in [-0.25, -0.2) is 0 Å². The number of nitrogens with zero attached hydrogens (tertiary/aromatic N) is 1. The molecule has 1 fully saturated rings. The highest BCUT2D eigenvalue weighted by Gasteiger charge is 2.21. The standard InChI is InChI=1S/C14H17BrN2O2S/c1-10(15)13(18)16-12-5-3-2-4-11(12)14(19)17-6-8-20-9-7-17/h2-5,10H,6-9H2,1H3,(H,16,18)/t10-/m1/s1. The molecule has 2 amide bonds. The first-order valence-corrected chi connectivity index (χ1v) is 8.57. The molecule has 0 radical (unpaired) electrons. The molecule has 0 bridgehead atoms. The molecular weight excluding hydrogens is 340 g/mol. The second kappa shape index (κ2) is 7.13. The van der Waals surface area contributed by atoms with Gasteiger partial charge in [-0.1, -0.05) is 28.1 Å². The van der Waals surface area contributed by atoms with Gasteiger partial charge in [0.2, 0.25) is 5.91 Å². The van der Waals surface area contributed by atoms with Gasteiger partial charge in [0.1, 0.15) is 0 Å². The highest BCUT2D eigenvalue weighted by Crippen LogP contribution is 2.20. The molecule has 1 aliphatic rings. The molecule has 1 aromatic carbocycles. The number of nitrogens with one attached hydrogen (secondary N) is 1. The van der Waals surface area contributed by atoms with E-state index in [-0.39, 0.29) is 16.6 Å². The molecule has 4 nitrogen and oxygen atoms in total. The van der Waals surface area contributed by atoms with E-state index < -0.39 is 0 Å². The predicted octanol–water partition coefficient (Wildman–Crippen LogP) is 2.60. The molecule has 0 spiro atoms. The lowest BCUT2D eigenvalue weighted by molar-refractivity contribution is -0.115. The van der Waals surface area contributed by atoms with Gasteiger partial charge < -0.3 is 10.2 Å². The van der Waals surface area contributed by atoms with E-state index in [4.69, 9.17) is 0 Å². The molecule has 1 aromatic rings. The normalized spacial score (nSPS) is 16.6. The average molecular weight is 357 g/mol. The van der Waals surface area contributed by atoms with Gasteiger partial charge in [-0.3, -0.25) is 9.59 Å². The van der Waals surface area contributed by atoms with Gasteiger partial charge in [0.05, 0.1) is 16.1 Å². The third kappa shape index (κ3) is 3.76. The number of halogens is 1. The maximum atomic E-state index is 12.5. The maximum Gasteiger partial charge on any atom is 0.256 e. The number of amides is 2. The Balaban J connectivity index is 2.18. The van der Waals surface area contributed by atoms with E-state index in [2.05, 4.69) is 21.2 Å². The number of carbonyl (C=O) groups excluding carboxylic acids is 2. The molecular formula is C14H17BrN2O2S. The summed E-state index contributed by atoms with van der Waals surface area (Å²) >= 11 is 5.09. The molecule has 0 saturated carbocycles. The number of carbonyl (C=O) groups is 2. The lowest BCUT2D eigenvalue weighted by Gasteiger charge is -2.27. The topological polar surface area (TPSA) is 49.4 Å². The molecule has 1 N–H and O–H groups in total. The van der Waals surface area contributed by atoms with Crippen LogP contribution >= 0.6 is 27.7 Å². The smallest absolute Gasteiger partial charge is 0.256 e. The van der Waals surface area contributed by atoms with Crippen molar-refractivity contribution in [1.82, 2.24) is 4.90 Å². The summed E-state index contributed by atoms with van der Waals surface area (Å²) in [5.41, 5.74) is 1.13. The van der Waals surface area contributed by atoms with E-state index in [0.717, 1.165) is 24.6 Å². The number of anilines is 1. The van der Waals surface area contributed by atoms with E-state index in [1.165, 1.54) is 0 Å². The Bertz CT molecular complexity index is 502. The van der Waals surface area contributed by atoms with Crippen LogP contribution in [0, 0.1) is 0 Å². The Labute approximate surface area is 131 Å². The van der Waals surface area contributed by atoms with Crippen molar-refractivity contribution >= 4 is 45.2 Å². The highest BCUT2D eigenvalue weighted by atomic mass is 79.9. The summed E-state index contributed by atoms with van der Waals surface area (Å²) in [6.07, 6.45) is 0. The van der Waals surface area contributed by atoms with Crippen LogP contribution in [0.5, 0.6) is 0 Å². The van der Waals surface area contributed by atoms with Crippen LogP contribution in [0.25, 0.3) is 0 Å². The Hall–Kier alpha value is -1.01. The summed E-state index contributed by atoms with van der Waals surface area (Å²) in [6, 6.07) is 7.16. The molecule has 1 heterocycles. The van der Waals surface area contributed by atoms with Gasteiger partial charge in [0, 0.05) is 24.6 Å². The second-order valence-corrected chi connectivity index (χ2v) is 7.15. The number of benzene rings is 1. The fourth-order valence-electron chi connectivity index (χ4n) is 1.95. The van der Waals surface area contributed by atoms with Gasteiger partial charge in [-0.05, 0) is 19.1 Å². The lowest BCUT2D eigenvalue weighted by atomic mass is 10.1. The summed E-state index contributed by atoms with van der Waals surface area (Å²) in [5.74, 6) is 1.78. The average Bonchev–Trinajstić information content (AvgIpc) is 2.48. The van der Waals surface area contributed by atoms with Crippen molar-refractivity contribution in [3.05, 3.63) is 29.8 Å². The fourth-order valence-corrected chi connectivity index (χ4v) is 2.97. The van der Waals surface area contributed by atoms with E-state index in [9.17, 15) is 9.59 Å². The van der Waals surface area contributed by atoms with Crippen LogP contribution in [0.1, 0.15) is 17.3 Å². The van der Waals surface area contributed by atoms with E-state index in [1.54, 1.807) is 19.1 Å². The predicted molar refractivity (Wildman–Crippen MR) is 86.7 cm³/mol. The zero-order valence-corrected chi connectivity index (χ0v) is 13.7. The third-order valence-corrected chi connectivity index (χ3v) is 4.43. The SMILES string of the molecule is C[C@@H](Br)C(=O)Nc1ccccc1C(=O)N1CCSCC1. The molecule has 20 heavy (non-hydrogen) atoms. The molecule has 6 heteroatoms. The Kier molecular flexibility index (Phi) is 5.48. The summed E-state index contributed by atoms with van der Waals surface area (Å²) in [7, 11) is 0. The van der Waals surface area contributed by atoms with Crippen LogP contribution in [0.15, 0.2) is 24.3 Å². The summed E-state index contributed by atoms with van der Waals surface area (Å²) in [5, 5.41) is 2.79. The van der Waals surface area contributed by atoms with Crippen LogP contribution in [0.4, 0.5) is 5.69 Å². The maximum absolute atomic E-state index is 12.5. The van der Waals surface area contributed by atoms with Crippen LogP contribution in [-0.2, 0) is 4.79 Å². The van der Waals surface area contributed by atoms with Crippen molar-refractivity contribution in [1.29, 1.82) is 0 Å². The first kappa shape index (κ1) is 15.4. The Morgan fingerprint density at radius 2 is 1.95 bits per heavy atom. The van der Waals surface area contributed by atoms with Crippen LogP contribution < -0.4 is 5.32 Å². The molecule has 0 unspecified atom stereocenters. The highest BCUT2D eigenvalue weighted by molar-refractivity contribution is 9.10. The van der Waals surface area contributed by atoms with Crippen molar-refractivity contribution in [3.63, 3.8) is 0 Å². The minimum absolute atomic E-state index is 0.0107. The minimum Gasteiger partial charge on any atom is -0.337 e. The van der Waals surface area contributed by atoms with Gasteiger partial charge >= 0.3 is 0 Å². The quantitative estimate of drug-likeness (QED) is 0.846. The number of para-hydroxylation sites is 1. The van der Waals surface area contributed by atoms with Crippen molar-refractivity contribution in [2.75, 3.05) is 29.9 Å². The zero-order chi connectivity index (χ0) is 14.5. The van der Waals surface area contributed by atoms with E-state index in [0.29, 0.717) is 11.3 Å². The second-order valence-electron chi connectivity index (χ2n) is 4.56. The summed E-state index contributed by atoms with van der Waals surface area (Å²) in [6.45, 7) is 3.28. The molecule has 1 aliphatic heterocycles. The first-order chi connectivity index (χ1) is 9.59. The Morgan fingerprint density at radius 3 is 2.60 bits per heavy atom. The monoisotopic (exact) mass is 356 g/mol. The molecule has 108 valence electrons. The zero-order valence-electron chi connectivity index (χ0n) is 11.3. The van der Waals surface area contributed by atoms with Gasteiger partial charge in [0.15, 0.2) is 0 Å². The van der Waals surface area contributed by atoms with E-state index in [1.807, 2.05) is 28.8 Å². The summed E-state index contributed by atoms with van der Waals surface area (Å²) in [4.78, 5) is 25.9. The molecule has 1 saturated heterocycles. The number of rotatable bonds is 3. The van der Waals surface area contributed by atoms with Gasteiger partial charge in [-0.2, -0.15) is 11.8 Å². The first-order valence-electron chi connectivity index (χ1n) is 6.50. The molecule has 1 atom stereocenters. The molecule has 0 aromatic heterocycles. The van der Waals surface area contributed by atoms with Crippen LogP contribution in [-0.4, -0.2) is 46.1 Å².